The minimum Gasteiger partial charge on any atom is -0.0776 e. The van der Waals surface area contributed by atoms with Crippen molar-refractivity contribution in [3.63, 3.8) is 0 Å². The van der Waals surface area contributed by atoms with Gasteiger partial charge in [0.2, 0.25) is 0 Å². The van der Waals surface area contributed by atoms with Crippen LogP contribution in [0.2, 0.25) is 0 Å². The van der Waals surface area contributed by atoms with Gasteiger partial charge in [-0.1, -0.05) is 778 Å². The number of hydrogen-bond donors (Lipinski definition) is 0. The molecular weight excluding hydrogens is 1570 g/mol. The fourth-order valence-electron chi connectivity index (χ4n) is 14.8. The summed E-state index contributed by atoms with van der Waals surface area (Å²) in [6, 6.07) is 0. The Hall–Kier alpha value is 0. The van der Waals surface area contributed by atoms with Gasteiger partial charge in [-0.15, -0.1) is 0 Å². The van der Waals surface area contributed by atoms with E-state index >= 15 is 0 Å². The molecule has 0 aliphatic carbocycles. The molecule has 0 spiro atoms. The van der Waals surface area contributed by atoms with Crippen LogP contribution in [0.25, 0.3) is 0 Å². The summed E-state index contributed by atoms with van der Waals surface area (Å²) in [6.07, 6.45) is 112. The molecule has 0 fully saturated rings. The maximum absolute atomic E-state index is 2.33. The Balaban J connectivity index is -0.0000000956. The highest BCUT2D eigenvalue weighted by atomic mass is 14.1. The zero-order valence-electron chi connectivity index (χ0n) is 102. The van der Waals surface area contributed by atoms with E-state index in [0.29, 0.717) is 0 Å². The molecule has 0 saturated carbocycles. The number of rotatable bonds is 78. The van der Waals surface area contributed by atoms with Crippen LogP contribution in [-0.4, -0.2) is 0 Å². The van der Waals surface area contributed by atoms with Gasteiger partial charge in [0.25, 0.3) is 0 Å². The van der Waals surface area contributed by atoms with Crippen molar-refractivity contribution in [3.8, 4) is 0 Å². The second kappa shape index (κ2) is 158. The second-order valence-electron chi connectivity index (χ2n) is 47.0. The van der Waals surface area contributed by atoms with Crippen molar-refractivity contribution in [3.05, 3.63) is 0 Å². The molecule has 0 saturated heterocycles. The summed E-state index contributed by atoms with van der Waals surface area (Å²) in [7, 11) is 0. The fourth-order valence-corrected chi connectivity index (χ4v) is 14.8. The molecule has 0 aliphatic rings. The van der Waals surface area contributed by atoms with Crippen LogP contribution in [-0.2, 0) is 0 Å². The Labute approximate surface area is 849 Å². The largest absolute Gasteiger partial charge is 0.0776 e. The first-order chi connectivity index (χ1) is 62.0. The molecule has 0 unspecified atom stereocenters. The third kappa shape index (κ3) is 263. The molecule has 0 bridgehead atoms. The highest BCUT2D eigenvalue weighted by Crippen LogP contribution is 2.21. The van der Waals surface area contributed by atoms with Crippen LogP contribution in [0, 0.1) is 76.9 Å². The first-order valence-electron chi connectivity index (χ1n) is 62.0. The summed E-state index contributed by atoms with van der Waals surface area (Å²) < 4.78 is 0. The maximum Gasteiger partial charge on any atom is -0.0471 e. The summed E-state index contributed by atoms with van der Waals surface area (Å²) in [6.45, 7) is 88.8. The Bertz CT molecular complexity index is 1580. The van der Waals surface area contributed by atoms with E-state index in [1.54, 1.807) is 0 Å². The predicted molar refractivity (Wildman–Crippen MR) is 634 cm³/mol. The lowest BCUT2D eigenvalue weighted by Crippen LogP contribution is -1.87. The van der Waals surface area contributed by atoms with Gasteiger partial charge in [-0.2, -0.15) is 0 Å². The van der Waals surface area contributed by atoms with Gasteiger partial charge in [-0.05, 0) is 76.9 Å². The SMILES string of the molecule is C.CC(C)C.CCC(C)C.CCCC(C)C.CCCCC(C)C.CCCCCC(C)C.CCCCCCC(C)C.CCCCCCCC(C)C.CCCCCCCCC(C)C.CCCCCCCCCC(C)C.CCCCCCCCCCC(C)C.CCCCCCCCCCCC(C)C.CCCCCCCCCCCCC(C)C.CCCCCCCCCCCCCC(C)C. The van der Waals surface area contributed by atoms with Crippen LogP contribution < -0.4 is 0 Å². The second-order valence-corrected chi connectivity index (χ2v) is 47.0. The van der Waals surface area contributed by atoms with Crippen molar-refractivity contribution < 1.29 is 0 Å². The average Bonchev–Trinajstić information content (AvgIpc) is 1.10. The van der Waals surface area contributed by atoms with E-state index in [1.165, 1.54) is 501 Å². The van der Waals surface area contributed by atoms with Gasteiger partial charge in [0.15, 0.2) is 0 Å². The molecule has 0 aromatic heterocycles. The van der Waals surface area contributed by atoms with Crippen molar-refractivity contribution in [1.82, 2.24) is 0 Å². The predicted octanol–water partition coefficient (Wildman–Crippen LogP) is 52.7. The van der Waals surface area contributed by atoms with Crippen LogP contribution in [0.15, 0.2) is 0 Å². The van der Waals surface area contributed by atoms with Gasteiger partial charge in [0, 0.05) is 0 Å². The molecule has 0 heteroatoms. The molecule has 131 heavy (non-hydrogen) atoms. The monoisotopic (exact) mass is 1860 g/mol. The van der Waals surface area contributed by atoms with Crippen molar-refractivity contribution in [2.45, 2.75) is 778 Å². The quantitative estimate of drug-likeness (QED) is 0.0533. The topological polar surface area (TPSA) is 0 Å². The molecule has 0 radical (unpaired) electrons. The zero-order chi connectivity index (χ0) is 102. The van der Waals surface area contributed by atoms with Crippen molar-refractivity contribution in [2.24, 2.45) is 76.9 Å². The van der Waals surface area contributed by atoms with E-state index < -0.39 is 0 Å². The molecule has 0 nitrogen and oxygen atoms in total. The molecular formula is C131H290. The standard InChI is InChI=1S/C16H34.C15H32.C14H30.C13H28.C12H26.C11H24.C10H22.C9H20.C8H18.C7H16.C6H14.C5H12.C4H10.CH4/c1-4-5-6-7-8-9-10-11-12-13-14-15-16(2)3;1-4-5-6-7-8-9-10-11-12-13-14-15(2)3;1-4-5-6-7-8-9-10-11-12-13-14(2)3;1-4-5-6-7-8-9-10-11-12-13(2)3;1-4-5-6-7-8-9-10-11-12(2)3;1-4-5-6-7-8-9-10-11(2)3;1-4-5-6-7-8-9-10(2)3;1-4-5-6-7-8-9(2)3;1-4-5-6-7-8(2)3;1-4-5-6-7(2)3;1-4-5-6(2)3;1-4-5(2)3;1-4(2)3;/h16H,4-15H2,1-3H3;15H,4-14H2,1-3H3;14H,4-13H2,1-3H3;13H,4-12H2,1-3H3;12H,4-11H2,1-3H3;11H,4-10H2,1-3H3;10H,4-9H2,1-3H3;9H,4-8H2,1-3H3;8H,4-7H2,1-3H3;7H,4-6H2,1-3H3;6H,4-5H2,1-3H3;5H,4H2,1-3H3;4H,1-3H3;1H4. The van der Waals surface area contributed by atoms with Gasteiger partial charge in [0.05, 0.1) is 0 Å². The molecule has 0 amide bonds. The average molecular weight is 1870 g/mol. The van der Waals surface area contributed by atoms with Gasteiger partial charge in [-0.3, -0.25) is 0 Å². The van der Waals surface area contributed by atoms with E-state index in [1.807, 2.05) is 0 Å². The minimum absolute atomic E-state index is 0. The highest BCUT2D eigenvalue weighted by Gasteiger charge is 2.03. The Morgan fingerprint density at radius 1 is 0.0916 bits per heavy atom. The third-order valence-corrected chi connectivity index (χ3v) is 24.3. The number of unbranched alkanes of at least 4 members (excludes halogenated alkanes) is 55. The summed E-state index contributed by atoms with van der Waals surface area (Å²) in [5.74, 6) is 11.6. The lowest BCUT2D eigenvalue weighted by atomic mass is 10.0. The molecule has 0 N–H and O–H groups in total. The summed E-state index contributed by atoms with van der Waals surface area (Å²) in [5, 5.41) is 0. The molecule has 0 rings (SSSR count). The number of hydrogen-bond acceptors (Lipinski definition) is 0. The van der Waals surface area contributed by atoms with Gasteiger partial charge >= 0.3 is 0 Å². The Morgan fingerprint density at radius 3 is 0.244 bits per heavy atom. The highest BCUT2D eigenvalue weighted by molar-refractivity contribution is 4.58. The molecule has 0 heterocycles. The van der Waals surface area contributed by atoms with Crippen LogP contribution in [0.5, 0.6) is 0 Å². The fraction of sp³-hybridized carbons (Fsp3) is 1.00. The molecule has 0 aromatic carbocycles. The van der Waals surface area contributed by atoms with Gasteiger partial charge in [0.1, 0.15) is 0 Å². The van der Waals surface area contributed by atoms with Crippen molar-refractivity contribution in [1.29, 1.82) is 0 Å². The van der Waals surface area contributed by atoms with E-state index in [2.05, 4.69) is 270 Å². The summed E-state index contributed by atoms with van der Waals surface area (Å²) in [5.41, 5.74) is 0. The smallest absolute Gasteiger partial charge is 0.0471 e. The third-order valence-electron chi connectivity index (χ3n) is 24.3. The maximum atomic E-state index is 2.33. The summed E-state index contributed by atoms with van der Waals surface area (Å²) >= 11 is 0. The first kappa shape index (κ1) is 162. The normalized spacial score (nSPS) is 10.7. The van der Waals surface area contributed by atoms with E-state index in [0.717, 1.165) is 76.9 Å². The lowest BCUT2D eigenvalue weighted by Gasteiger charge is -2.04. The van der Waals surface area contributed by atoms with Crippen LogP contribution >= 0.6 is 0 Å². The van der Waals surface area contributed by atoms with E-state index in [9.17, 15) is 0 Å². The molecule has 0 atom stereocenters. The van der Waals surface area contributed by atoms with Gasteiger partial charge in [-0.25, -0.2) is 0 Å². The zero-order valence-corrected chi connectivity index (χ0v) is 102. The molecule has 0 aromatic rings. The Morgan fingerprint density at radius 2 is 0.168 bits per heavy atom. The van der Waals surface area contributed by atoms with Gasteiger partial charge < -0.3 is 0 Å². The summed E-state index contributed by atoms with van der Waals surface area (Å²) in [4.78, 5) is 0. The first-order valence-corrected chi connectivity index (χ1v) is 62.0. The van der Waals surface area contributed by atoms with Crippen LogP contribution in [0.3, 0.4) is 0 Å². The molecule has 814 valence electrons. The minimum atomic E-state index is 0. The van der Waals surface area contributed by atoms with Crippen molar-refractivity contribution in [2.75, 3.05) is 0 Å². The van der Waals surface area contributed by atoms with E-state index in [4.69, 9.17) is 0 Å². The lowest BCUT2D eigenvalue weighted by molar-refractivity contribution is 0.504. The van der Waals surface area contributed by atoms with E-state index in [-0.39, 0.29) is 7.43 Å². The Kier molecular flexibility index (Phi) is 195. The molecule has 0 aliphatic heterocycles. The van der Waals surface area contributed by atoms with Crippen LogP contribution in [0.4, 0.5) is 0 Å². The van der Waals surface area contributed by atoms with Crippen LogP contribution in [0.1, 0.15) is 778 Å². The van der Waals surface area contributed by atoms with Crippen molar-refractivity contribution >= 4 is 0 Å².